The summed E-state index contributed by atoms with van der Waals surface area (Å²) in [6.45, 7) is 7.43. The Morgan fingerprint density at radius 3 is 2.95 bits per heavy atom. The molecule has 0 radical (unpaired) electrons. The minimum atomic E-state index is 0.489. The summed E-state index contributed by atoms with van der Waals surface area (Å²) in [7, 11) is 0. The second kappa shape index (κ2) is 5.93. The van der Waals surface area contributed by atoms with Gasteiger partial charge in [-0.3, -0.25) is 4.90 Å². The third kappa shape index (κ3) is 3.10. The van der Waals surface area contributed by atoms with Crippen LogP contribution in [0.4, 0.5) is 5.69 Å². The lowest BCUT2D eigenvalue weighted by molar-refractivity contribution is 0.0125. The Labute approximate surface area is 115 Å². The Balaban J connectivity index is 1.55. The first kappa shape index (κ1) is 12.9. The highest BCUT2D eigenvalue weighted by Crippen LogP contribution is 2.24. The maximum absolute atomic E-state index is 5.71. The number of nitrogens with one attached hydrogen (secondary N) is 1. The van der Waals surface area contributed by atoms with Crippen LogP contribution in [0.3, 0.4) is 0 Å². The van der Waals surface area contributed by atoms with Crippen molar-refractivity contribution in [3.8, 4) is 0 Å². The van der Waals surface area contributed by atoms with E-state index in [4.69, 9.17) is 4.74 Å². The Bertz CT molecular complexity index is 425. The van der Waals surface area contributed by atoms with Crippen molar-refractivity contribution in [3.05, 3.63) is 29.3 Å². The third-order valence-corrected chi connectivity index (χ3v) is 4.23. The summed E-state index contributed by atoms with van der Waals surface area (Å²) in [6.07, 6.45) is 4.02. The lowest BCUT2D eigenvalue weighted by Crippen LogP contribution is -2.36. The fraction of sp³-hybridized carbons (Fsp3) is 0.625. The van der Waals surface area contributed by atoms with E-state index in [0.717, 1.165) is 32.8 Å². The van der Waals surface area contributed by atoms with E-state index in [-0.39, 0.29) is 0 Å². The van der Waals surface area contributed by atoms with Crippen molar-refractivity contribution in [2.24, 2.45) is 0 Å². The van der Waals surface area contributed by atoms with Crippen molar-refractivity contribution in [1.82, 2.24) is 4.90 Å². The molecule has 1 saturated heterocycles. The molecule has 2 aliphatic heterocycles. The fourth-order valence-electron chi connectivity index (χ4n) is 3.16. The molecule has 1 aromatic carbocycles. The number of anilines is 1. The first-order valence-electron chi connectivity index (χ1n) is 7.55. The number of rotatable bonds is 4. The van der Waals surface area contributed by atoms with Gasteiger partial charge in [-0.05, 0) is 43.4 Å². The molecule has 2 heterocycles. The number of likely N-dealkylation sites (tertiary alicyclic amines) is 1. The molecular weight excluding hydrogens is 236 g/mol. The quantitative estimate of drug-likeness (QED) is 0.900. The van der Waals surface area contributed by atoms with Gasteiger partial charge in [-0.1, -0.05) is 12.1 Å². The van der Waals surface area contributed by atoms with Gasteiger partial charge in [0.15, 0.2) is 0 Å². The molecule has 3 nitrogen and oxygen atoms in total. The molecule has 1 aromatic rings. The van der Waals surface area contributed by atoms with E-state index in [1.54, 1.807) is 0 Å². The second-order valence-electron chi connectivity index (χ2n) is 5.60. The number of fused-ring (bicyclic) bond motifs is 1. The standard InChI is InChI=1S/C16H24N2O/c1-2-19-15-6-9-18(10-7-15)12-13-3-4-14-5-8-17-16(14)11-13/h3-4,11,15,17H,2,5-10,12H2,1H3. The van der Waals surface area contributed by atoms with Gasteiger partial charge >= 0.3 is 0 Å². The molecule has 19 heavy (non-hydrogen) atoms. The molecule has 1 N–H and O–H groups in total. The van der Waals surface area contributed by atoms with E-state index in [1.807, 2.05) is 0 Å². The Morgan fingerprint density at radius 1 is 1.32 bits per heavy atom. The first-order valence-corrected chi connectivity index (χ1v) is 7.55. The minimum Gasteiger partial charge on any atom is -0.384 e. The SMILES string of the molecule is CCOC1CCN(Cc2ccc3c(c2)NCC3)CC1. The summed E-state index contributed by atoms with van der Waals surface area (Å²) in [5, 5.41) is 3.46. The van der Waals surface area contributed by atoms with E-state index in [2.05, 4.69) is 35.3 Å². The molecule has 0 unspecified atom stereocenters. The molecule has 2 aliphatic rings. The predicted molar refractivity (Wildman–Crippen MR) is 78.6 cm³/mol. The van der Waals surface area contributed by atoms with Crippen LogP contribution in [0.5, 0.6) is 0 Å². The van der Waals surface area contributed by atoms with Crippen LogP contribution in [-0.2, 0) is 17.7 Å². The first-order chi connectivity index (χ1) is 9.35. The van der Waals surface area contributed by atoms with Gasteiger partial charge in [0, 0.05) is 38.5 Å². The molecule has 104 valence electrons. The van der Waals surface area contributed by atoms with Gasteiger partial charge in [0.25, 0.3) is 0 Å². The summed E-state index contributed by atoms with van der Waals surface area (Å²) in [6, 6.07) is 6.91. The van der Waals surface area contributed by atoms with Crippen LogP contribution in [0.2, 0.25) is 0 Å². The number of nitrogens with zero attached hydrogens (tertiary/aromatic N) is 1. The summed E-state index contributed by atoms with van der Waals surface area (Å²) in [5.41, 5.74) is 4.25. The van der Waals surface area contributed by atoms with E-state index in [0.29, 0.717) is 6.10 Å². The van der Waals surface area contributed by atoms with Gasteiger partial charge in [0.2, 0.25) is 0 Å². The van der Waals surface area contributed by atoms with Crippen LogP contribution in [-0.4, -0.2) is 37.2 Å². The number of hydrogen-bond acceptors (Lipinski definition) is 3. The lowest BCUT2D eigenvalue weighted by atomic mass is 10.1. The van der Waals surface area contributed by atoms with Gasteiger partial charge in [-0.2, -0.15) is 0 Å². The highest BCUT2D eigenvalue weighted by atomic mass is 16.5. The molecule has 0 atom stereocenters. The topological polar surface area (TPSA) is 24.5 Å². The van der Waals surface area contributed by atoms with Crippen LogP contribution in [0.1, 0.15) is 30.9 Å². The summed E-state index contributed by atoms with van der Waals surface area (Å²) in [5.74, 6) is 0. The summed E-state index contributed by atoms with van der Waals surface area (Å²) >= 11 is 0. The number of hydrogen-bond donors (Lipinski definition) is 1. The largest absolute Gasteiger partial charge is 0.384 e. The van der Waals surface area contributed by atoms with Crippen molar-refractivity contribution in [2.45, 2.75) is 38.8 Å². The van der Waals surface area contributed by atoms with Crippen molar-refractivity contribution in [2.75, 3.05) is 31.6 Å². The smallest absolute Gasteiger partial charge is 0.0599 e. The lowest BCUT2D eigenvalue weighted by Gasteiger charge is -2.31. The fourth-order valence-corrected chi connectivity index (χ4v) is 3.16. The van der Waals surface area contributed by atoms with Gasteiger partial charge in [0.1, 0.15) is 0 Å². The maximum atomic E-state index is 5.71. The highest BCUT2D eigenvalue weighted by molar-refractivity contribution is 5.57. The average molecular weight is 260 g/mol. The van der Waals surface area contributed by atoms with Crippen LogP contribution in [0.15, 0.2) is 18.2 Å². The van der Waals surface area contributed by atoms with Crippen molar-refractivity contribution >= 4 is 5.69 Å². The van der Waals surface area contributed by atoms with E-state index in [1.165, 1.54) is 36.1 Å². The Kier molecular flexibility index (Phi) is 4.04. The third-order valence-electron chi connectivity index (χ3n) is 4.23. The molecule has 3 heteroatoms. The summed E-state index contributed by atoms with van der Waals surface area (Å²) in [4.78, 5) is 2.55. The Morgan fingerprint density at radius 2 is 2.16 bits per heavy atom. The molecule has 0 amide bonds. The predicted octanol–water partition coefficient (Wildman–Crippen LogP) is 2.66. The molecule has 0 aliphatic carbocycles. The van der Waals surface area contributed by atoms with Crippen LogP contribution >= 0.6 is 0 Å². The zero-order valence-corrected chi connectivity index (χ0v) is 11.8. The number of benzene rings is 1. The van der Waals surface area contributed by atoms with Gasteiger partial charge in [0.05, 0.1) is 6.10 Å². The molecule has 0 aromatic heterocycles. The van der Waals surface area contributed by atoms with Crippen LogP contribution in [0, 0.1) is 0 Å². The average Bonchev–Trinajstić information content (AvgIpc) is 2.89. The monoisotopic (exact) mass is 260 g/mol. The van der Waals surface area contributed by atoms with Gasteiger partial charge in [-0.15, -0.1) is 0 Å². The zero-order valence-electron chi connectivity index (χ0n) is 11.8. The Hall–Kier alpha value is -1.06. The van der Waals surface area contributed by atoms with E-state index in [9.17, 15) is 0 Å². The number of ether oxygens (including phenoxy) is 1. The second-order valence-corrected chi connectivity index (χ2v) is 5.60. The molecule has 0 bridgehead atoms. The van der Waals surface area contributed by atoms with Crippen LogP contribution < -0.4 is 5.32 Å². The van der Waals surface area contributed by atoms with Crippen molar-refractivity contribution in [1.29, 1.82) is 0 Å². The van der Waals surface area contributed by atoms with Gasteiger partial charge in [-0.25, -0.2) is 0 Å². The van der Waals surface area contributed by atoms with Crippen molar-refractivity contribution in [3.63, 3.8) is 0 Å². The normalized spacial score (nSPS) is 20.3. The van der Waals surface area contributed by atoms with Gasteiger partial charge < -0.3 is 10.1 Å². The minimum absolute atomic E-state index is 0.489. The van der Waals surface area contributed by atoms with Crippen molar-refractivity contribution < 1.29 is 4.74 Å². The zero-order chi connectivity index (χ0) is 13.1. The highest BCUT2D eigenvalue weighted by Gasteiger charge is 2.19. The van der Waals surface area contributed by atoms with E-state index < -0.39 is 0 Å². The maximum Gasteiger partial charge on any atom is 0.0599 e. The molecular formula is C16H24N2O. The number of piperidine rings is 1. The van der Waals surface area contributed by atoms with Crippen LogP contribution in [0.25, 0.3) is 0 Å². The molecule has 0 spiro atoms. The molecule has 0 saturated carbocycles. The molecule has 1 fully saturated rings. The van der Waals surface area contributed by atoms with E-state index >= 15 is 0 Å². The molecule has 3 rings (SSSR count). The summed E-state index contributed by atoms with van der Waals surface area (Å²) < 4.78 is 5.71.